The van der Waals surface area contributed by atoms with Crippen LogP contribution in [0.4, 0.5) is 11.4 Å². The number of methoxy groups -OCH3 is 1. The number of aliphatic hydroxyl groups excluding tert-OH is 1. The summed E-state index contributed by atoms with van der Waals surface area (Å²) in [5.41, 5.74) is 2.66. The van der Waals surface area contributed by atoms with Crippen molar-refractivity contribution in [3.63, 3.8) is 0 Å². The molecule has 4 rings (SSSR count). The van der Waals surface area contributed by atoms with Gasteiger partial charge in [0.2, 0.25) is 0 Å². The van der Waals surface area contributed by atoms with E-state index in [-0.39, 0.29) is 17.4 Å². The number of anilines is 2. The third-order valence-electron chi connectivity index (χ3n) is 6.02. The second-order valence-corrected chi connectivity index (χ2v) is 9.04. The molecule has 7 heteroatoms. The number of hydrogen-bond donors (Lipinski definition) is 1. The molecule has 0 radical (unpaired) electrons. The molecular formula is C29H30N2O5. The molecule has 0 aliphatic carbocycles. The Morgan fingerprint density at radius 2 is 1.47 bits per heavy atom. The van der Waals surface area contributed by atoms with Crippen LogP contribution in [0.25, 0.3) is 5.76 Å². The van der Waals surface area contributed by atoms with Gasteiger partial charge in [0.15, 0.2) is 0 Å². The van der Waals surface area contributed by atoms with Gasteiger partial charge in [-0.15, -0.1) is 0 Å². The largest absolute Gasteiger partial charge is 0.507 e. The lowest BCUT2D eigenvalue weighted by atomic mass is 9.95. The Kier molecular flexibility index (Phi) is 7.01. The van der Waals surface area contributed by atoms with Crippen LogP contribution in [0.3, 0.4) is 0 Å². The molecule has 1 aliphatic heterocycles. The monoisotopic (exact) mass is 486 g/mol. The number of carbonyl (C=O) groups is 2. The van der Waals surface area contributed by atoms with Gasteiger partial charge in [0.1, 0.15) is 17.3 Å². The topological polar surface area (TPSA) is 79.3 Å². The maximum Gasteiger partial charge on any atom is 0.300 e. The Labute approximate surface area is 211 Å². The Morgan fingerprint density at radius 3 is 2.00 bits per heavy atom. The number of hydrogen-bond acceptors (Lipinski definition) is 6. The van der Waals surface area contributed by atoms with Crippen molar-refractivity contribution in [3.8, 4) is 11.5 Å². The molecule has 0 spiro atoms. The van der Waals surface area contributed by atoms with Gasteiger partial charge in [0.25, 0.3) is 11.7 Å². The van der Waals surface area contributed by atoms with E-state index in [1.54, 1.807) is 55.6 Å². The first-order valence-electron chi connectivity index (χ1n) is 11.7. The number of ketones is 1. The van der Waals surface area contributed by atoms with Crippen molar-refractivity contribution in [1.82, 2.24) is 0 Å². The van der Waals surface area contributed by atoms with Gasteiger partial charge in [-0.1, -0.05) is 12.1 Å². The average molecular weight is 487 g/mol. The van der Waals surface area contributed by atoms with E-state index in [9.17, 15) is 14.7 Å². The quantitative estimate of drug-likeness (QED) is 0.282. The fraction of sp³-hybridized carbons (Fsp3) is 0.241. The van der Waals surface area contributed by atoms with E-state index < -0.39 is 17.7 Å². The smallest absolute Gasteiger partial charge is 0.300 e. The molecule has 1 unspecified atom stereocenters. The van der Waals surface area contributed by atoms with E-state index >= 15 is 0 Å². The summed E-state index contributed by atoms with van der Waals surface area (Å²) in [6, 6.07) is 20.5. The molecule has 1 heterocycles. The average Bonchev–Trinajstić information content (AvgIpc) is 3.14. The van der Waals surface area contributed by atoms with Gasteiger partial charge in [-0.3, -0.25) is 14.5 Å². The summed E-state index contributed by atoms with van der Waals surface area (Å²) in [7, 11) is 5.42. The van der Waals surface area contributed by atoms with Gasteiger partial charge in [-0.25, -0.2) is 0 Å². The Morgan fingerprint density at radius 1 is 0.889 bits per heavy atom. The molecule has 0 aromatic heterocycles. The SMILES string of the molecule is COc1ccc(/C(O)=C2/C(=O)C(=O)N(c3ccc(OC(C)C)cc3)C2c2ccc(N(C)C)cc2)cc1. The zero-order chi connectivity index (χ0) is 26.0. The lowest BCUT2D eigenvalue weighted by Gasteiger charge is -2.26. The standard InChI is InChI=1S/C29H30N2O5/c1-18(2)36-24-16-12-22(13-17-24)31-26(19-6-10-21(11-7-19)30(3)4)25(28(33)29(31)34)27(32)20-8-14-23(35-5)15-9-20/h6-18,26,32H,1-5H3/b27-25-. The van der Waals surface area contributed by atoms with Crippen molar-refractivity contribution in [2.45, 2.75) is 26.0 Å². The summed E-state index contributed by atoms with van der Waals surface area (Å²) in [4.78, 5) is 30.1. The summed E-state index contributed by atoms with van der Waals surface area (Å²) in [6.45, 7) is 3.87. The van der Waals surface area contributed by atoms with Gasteiger partial charge >= 0.3 is 0 Å². The van der Waals surface area contributed by atoms with Gasteiger partial charge in [0, 0.05) is 31.0 Å². The number of aliphatic hydroxyl groups is 1. The Bertz CT molecular complexity index is 1280. The van der Waals surface area contributed by atoms with Gasteiger partial charge in [-0.2, -0.15) is 0 Å². The fourth-order valence-electron chi connectivity index (χ4n) is 4.23. The molecule has 0 saturated carbocycles. The number of amides is 1. The first-order valence-corrected chi connectivity index (χ1v) is 11.7. The van der Waals surface area contributed by atoms with E-state index in [4.69, 9.17) is 9.47 Å². The lowest BCUT2D eigenvalue weighted by Crippen LogP contribution is -2.29. The van der Waals surface area contributed by atoms with Crippen LogP contribution in [0.2, 0.25) is 0 Å². The highest BCUT2D eigenvalue weighted by Crippen LogP contribution is 2.43. The van der Waals surface area contributed by atoms with Crippen LogP contribution < -0.4 is 19.3 Å². The molecule has 3 aromatic rings. The van der Waals surface area contributed by atoms with Crippen LogP contribution in [0.1, 0.15) is 31.0 Å². The highest BCUT2D eigenvalue weighted by atomic mass is 16.5. The third-order valence-corrected chi connectivity index (χ3v) is 6.02. The molecule has 0 bridgehead atoms. The fourth-order valence-corrected chi connectivity index (χ4v) is 4.23. The summed E-state index contributed by atoms with van der Waals surface area (Å²) < 4.78 is 10.9. The molecule has 1 N–H and O–H groups in total. The molecule has 186 valence electrons. The highest BCUT2D eigenvalue weighted by molar-refractivity contribution is 6.51. The Hall–Kier alpha value is -4.26. The number of nitrogens with zero attached hydrogens (tertiary/aromatic N) is 2. The second kappa shape index (κ2) is 10.2. The minimum absolute atomic E-state index is 0.00443. The van der Waals surface area contributed by atoms with Crippen molar-refractivity contribution in [3.05, 3.63) is 89.5 Å². The highest BCUT2D eigenvalue weighted by Gasteiger charge is 2.47. The van der Waals surface area contributed by atoms with Crippen molar-refractivity contribution in [2.75, 3.05) is 31.0 Å². The molecule has 7 nitrogen and oxygen atoms in total. The minimum Gasteiger partial charge on any atom is -0.507 e. The third kappa shape index (κ3) is 4.77. The van der Waals surface area contributed by atoms with Crippen molar-refractivity contribution >= 4 is 28.8 Å². The summed E-state index contributed by atoms with van der Waals surface area (Å²) >= 11 is 0. The summed E-state index contributed by atoms with van der Waals surface area (Å²) in [5.74, 6) is -0.404. The molecule has 1 saturated heterocycles. The van der Waals surface area contributed by atoms with Crippen LogP contribution >= 0.6 is 0 Å². The maximum atomic E-state index is 13.3. The predicted octanol–water partition coefficient (Wildman–Crippen LogP) is 5.17. The number of Topliss-reactive ketones (excluding diaryl/α,β-unsaturated/α-hetero) is 1. The van der Waals surface area contributed by atoms with E-state index in [1.807, 2.05) is 57.1 Å². The molecule has 36 heavy (non-hydrogen) atoms. The van der Waals surface area contributed by atoms with Crippen LogP contribution in [-0.2, 0) is 9.59 Å². The molecule has 1 fully saturated rings. The Balaban J connectivity index is 1.85. The van der Waals surface area contributed by atoms with E-state index in [0.717, 1.165) is 5.69 Å². The lowest BCUT2D eigenvalue weighted by molar-refractivity contribution is -0.132. The van der Waals surface area contributed by atoms with Crippen LogP contribution in [0.15, 0.2) is 78.4 Å². The van der Waals surface area contributed by atoms with Crippen molar-refractivity contribution < 1.29 is 24.2 Å². The first kappa shape index (κ1) is 24.9. The summed E-state index contributed by atoms with van der Waals surface area (Å²) in [6.07, 6.45) is 0.00443. The van der Waals surface area contributed by atoms with Gasteiger partial charge in [0.05, 0.1) is 24.8 Å². The number of carbonyl (C=O) groups excluding carboxylic acids is 2. The first-order chi connectivity index (χ1) is 17.2. The summed E-state index contributed by atoms with van der Waals surface area (Å²) in [5, 5.41) is 11.3. The van der Waals surface area contributed by atoms with E-state index in [2.05, 4.69) is 0 Å². The van der Waals surface area contributed by atoms with Crippen LogP contribution in [-0.4, -0.2) is 44.1 Å². The molecular weight excluding hydrogens is 456 g/mol. The predicted molar refractivity (Wildman–Crippen MR) is 141 cm³/mol. The zero-order valence-electron chi connectivity index (χ0n) is 21.1. The zero-order valence-corrected chi connectivity index (χ0v) is 21.1. The molecule has 1 aliphatic rings. The van der Waals surface area contributed by atoms with E-state index in [0.29, 0.717) is 28.3 Å². The minimum atomic E-state index is -0.805. The molecule has 1 atom stereocenters. The number of benzene rings is 3. The van der Waals surface area contributed by atoms with Crippen LogP contribution in [0, 0.1) is 0 Å². The second-order valence-electron chi connectivity index (χ2n) is 9.04. The van der Waals surface area contributed by atoms with Crippen molar-refractivity contribution in [1.29, 1.82) is 0 Å². The molecule has 3 aromatic carbocycles. The van der Waals surface area contributed by atoms with Gasteiger partial charge < -0.3 is 19.5 Å². The van der Waals surface area contributed by atoms with Crippen LogP contribution in [0.5, 0.6) is 11.5 Å². The maximum absolute atomic E-state index is 13.3. The van der Waals surface area contributed by atoms with Gasteiger partial charge in [-0.05, 0) is 80.1 Å². The normalized spacial score (nSPS) is 16.9. The molecule has 1 amide bonds. The van der Waals surface area contributed by atoms with E-state index in [1.165, 1.54) is 4.90 Å². The van der Waals surface area contributed by atoms with Crippen molar-refractivity contribution in [2.24, 2.45) is 0 Å². The number of rotatable bonds is 7. The number of ether oxygens (including phenoxy) is 2.